The lowest BCUT2D eigenvalue weighted by Crippen LogP contribution is -2.54. The first-order valence-electron chi connectivity index (χ1n) is 5.98. The Morgan fingerprint density at radius 3 is 2.63 bits per heavy atom. The number of benzene rings is 1. The number of carbonyl (C=O) groups is 3. The van der Waals surface area contributed by atoms with Crippen LogP contribution in [0.25, 0.3) is 0 Å². The van der Waals surface area contributed by atoms with Crippen LogP contribution in [0, 0.1) is 0 Å². The smallest absolute Gasteiger partial charge is 0.246 e. The number of nitrogens with zero attached hydrogens (tertiary/aromatic N) is 1. The van der Waals surface area contributed by atoms with Crippen molar-refractivity contribution in [3.63, 3.8) is 0 Å². The molecule has 98 valence electrons. The highest BCUT2D eigenvalue weighted by Crippen LogP contribution is 2.40. The van der Waals surface area contributed by atoms with E-state index >= 15 is 0 Å². The van der Waals surface area contributed by atoms with Gasteiger partial charge in [-0.1, -0.05) is 18.2 Å². The average Bonchev–Trinajstić information content (AvgIpc) is 2.80. The minimum Gasteiger partial charge on any atom is -0.323 e. The minimum absolute atomic E-state index is 0.0338. The van der Waals surface area contributed by atoms with Gasteiger partial charge in [0.1, 0.15) is 13.1 Å². The fourth-order valence-electron chi connectivity index (χ4n) is 2.38. The van der Waals surface area contributed by atoms with Gasteiger partial charge in [0.05, 0.1) is 5.92 Å². The predicted molar refractivity (Wildman–Crippen MR) is 69.6 cm³/mol. The number of piperazine rings is 1. The third kappa shape index (κ3) is 2.23. The van der Waals surface area contributed by atoms with Crippen LogP contribution in [0.5, 0.6) is 0 Å². The lowest BCUT2D eigenvalue weighted by atomic mass is 9.99. The van der Waals surface area contributed by atoms with Crippen LogP contribution in [-0.2, 0) is 14.4 Å². The van der Waals surface area contributed by atoms with Crippen molar-refractivity contribution in [2.24, 2.45) is 0 Å². The average molecular weight is 276 g/mol. The fourth-order valence-corrected chi connectivity index (χ4v) is 3.60. The van der Waals surface area contributed by atoms with E-state index in [-0.39, 0.29) is 24.9 Å². The van der Waals surface area contributed by atoms with Crippen LogP contribution in [0.1, 0.15) is 11.5 Å². The number of rotatable bonds is 1. The first-order chi connectivity index (χ1) is 9.15. The monoisotopic (exact) mass is 276 g/mol. The molecule has 0 aliphatic carbocycles. The highest BCUT2D eigenvalue weighted by atomic mass is 32.2. The zero-order chi connectivity index (χ0) is 13.4. The highest BCUT2D eigenvalue weighted by Gasteiger charge is 2.35. The molecule has 1 aromatic carbocycles. The zero-order valence-corrected chi connectivity index (χ0v) is 10.9. The summed E-state index contributed by atoms with van der Waals surface area (Å²) in [6.07, 6.45) is 0. The molecule has 2 aliphatic heterocycles. The van der Waals surface area contributed by atoms with E-state index in [1.165, 1.54) is 4.90 Å². The van der Waals surface area contributed by atoms with E-state index in [1.54, 1.807) is 11.8 Å². The molecular weight excluding hydrogens is 264 g/mol. The summed E-state index contributed by atoms with van der Waals surface area (Å²) in [5.41, 5.74) is 0.996. The fraction of sp³-hybridized carbons (Fsp3) is 0.308. The van der Waals surface area contributed by atoms with E-state index in [0.29, 0.717) is 5.75 Å². The molecule has 1 aromatic rings. The molecule has 6 heteroatoms. The number of hydrogen-bond donors (Lipinski definition) is 1. The summed E-state index contributed by atoms with van der Waals surface area (Å²) in [7, 11) is 0. The van der Waals surface area contributed by atoms with Crippen molar-refractivity contribution < 1.29 is 14.4 Å². The van der Waals surface area contributed by atoms with Gasteiger partial charge in [0.2, 0.25) is 17.7 Å². The Morgan fingerprint density at radius 1 is 1.21 bits per heavy atom. The van der Waals surface area contributed by atoms with E-state index in [0.717, 1.165) is 10.5 Å². The van der Waals surface area contributed by atoms with E-state index in [1.807, 2.05) is 24.3 Å². The van der Waals surface area contributed by atoms with Crippen LogP contribution in [-0.4, -0.2) is 41.5 Å². The number of amides is 3. The van der Waals surface area contributed by atoms with Gasteiger partial charge in [-0.05, 0) is 11.6 Å². The molecule has 0 saturated carbocycles. The maximum atomic E-state index is 12.4. The SMILES string of the molecule is O=C1CN(C(=O)C2CSc3ccccc32)CC(=O)N1. The summed E-state index contributed by atoms with van der Waals surface area (Å²) >= 11 is 1.64. The van der Waals surface area contributed by atoms with E-state index < -0.39 is 11.8 Å². The van der Waals surface area contributed by atoms with Gasteiger partial charge in [0.15, 0.2) is 0 Å². The van der Waals surface area contributed by atoms with Crippen LogP contribution >= 0.6 is 11.8 Å². The normalized spacial score (nSPS) is 22.1. The summed E-state index contributed by atoms with van der Waals surface area (Å²) < 4.78 is 0. The first kappa shape index (κ1) is 12.2. The Labute approximate surface area is 114 Å². The number of carbonyl (C=O) groups excluding carboxylic acids is 3. The van der Waals surface area contributed by atoms with Crippen LogP contribution in [0.4, 0.5) is 0 Å². The van der Waals surface area contributed by atoms with Crippen molar-refractivity contribution in [1.82, 2.24) is 10.2 Å². The van der Waals surface area contributed by atoms with Gasteiger partial charge in [-0.25, -0.2) is 0 Å². The molecular formula is C13H12N2O3S. The maximum absolute atomic E-state index is 12.4. The topological polar surface area (TPSA) is 66.5 Å². The van der Waals surface area contributed by atoms with Crippen molar-refractivity contribution >= 4 is 29.5 Å². The Bertz CT molecular complexity index is 557. The Balaban J connectivity index is 1.82. The van der Waals surface area contributed by atoms with Crippen LogP contribution in [0.2, 0.25) is 0 Å². The molecule has 0 bridgehead atoms. The van der Waals surface area contributed by atoms with Crippen molar-refractivity contribution in [2.75, 3.05) is 18.8 Å². The lowest BCUT2D eigenvalue weighted by Gasteiger charge is -2.27. The molecule has 3 amide bonds. The molecule has 1 N–H and O–H groups in total. The minimum atomic E-state index is -0.413. The van der Waals surface area contributed by atoms with Crippen molar-refractivity contribution in [1.29, 1.82) is 0 Å². The van der Waals surface area contributed by atoms with Gasteiger partial charge >= 0.3 is 0 Å². The van der Waals surface area contributed by atoms with Gasteiger partial charge < -0.3 is 4.90 Å². The van der Waals surface area contributed by atoms with Gasteiger partial charge in [0, 0.05) is 10.6 Å². The number of fused-ring (bicyclic) bond motifs is 1. The number of hydrogen-bond acceptors (Lipinski definition) is 4. The van der Waals surface area contributed by atoms with E-state index in [2.05, 4.69) is 5.32 Å². The Kier molecular flexibility index (Phi) is 3.02. The molecule has 5 nitrogen and oxygen atoms in total. The first-order valence-corrected chi connectivity index (χ1v) is 6.97. The third-order valence-corrected chi connectivity index (χ3v) is 4.44. The number of imide groups is 1. The number of nitrogens with one attached hydrogen (secondary N) is 1. The van der Waals surface area contributed by atoms with Crippen molar-refractivity contribution in [3.8, 4) is 0 Å². The molecule has 2 heterocycles. The quantitative estimate of drug-likeness (QED) is 0.752. The highest BCUT2D eigenvalue weighted by molar-refractivity contribution is 7.99. The molecule has 0 radical (unpaired) electrons. The van der Waals surface area contributed by atoms with Crippen molar-refractivity contribution in [3.05, 3.63) is 29.8 Å². The summed E-state index contributed by atoms with van der Waals surface area (Å²) in [6, 6.07) is 7.76. The van der Waals surface area contributed by atoms with Gasteiger partial charge in [0.25, 0.3) is 0 Å². The van der Waals surface area contributed by atoms with Crippen LogP contribution in [0.15, 0.2) is 29.2 Å². The van der Waals surface area contributed by atoms with E-state index in [9.17, 15) is 14.4 Å². The molecule has 19 heavy (non-hydrogen) atoms. The second kappa shape index (κ2) is 4.70. The van der Waals surface area contributed by atoms with Crippen molar-refractivity contribution in [2.45, 2.75) is 10.8 Å². The second-order valence-corrected chi connectivity index (χ2v) is 5.63. The Morgan fingerprint density at radius 2 is 1.89 bits per heavy atom. The molecule has 1 saturated heterocycles. The molecule has 0 aromatic heterocycles. The molecule has 2 aliphatic rings. The maximum Gasteiger partial charge on any atom is 0.246 e. The van der Waals surface area contributed by atoms with Gasteiger partial charge in [-0.3, -0.25) is 19.7 Å². The predicted octanol–water partition coefficient (Wildman–Crippen LogP) is 0.361. The van der Waals surface area contributed by atoms with Crippen LogP contribution in [0.3, 0.4) is 0 Å². The van der Waals surface area contributed by atoms with Crippen LogP contribution < -0.4 is 5.32 Å². The largest absolute Gasteiger partial charge is 0.323 e. The summed E-state index contributed by atoms with van der Waals surface area (Å²) in [4.78, 5) is 37.5. The van der Waals surface area contributed by atoms with E-state index in [4.69, 9.17) is 0 Å². The molecule has 0 spiro atoms. The Hall–Kier alpha value is -1.82. The lowest BCUT2D eigenvalue weighted by molar-refractivity contribution is -0.145. The molecule has 1 unspecified atom stereocenters. The summed E-state index contributed by atoms with van der Waals surface area (Å²) in [5, 5.41) is 2.20. The number of thioether (sulfide) groups is 1. The van der Waals surface area contributed by atoms with Gasteiger partial charge in [-0.2, -0.15) is 0 Å². The standard InChI is InChI=1S/C13H12N2O3S/c16-11-5-15(6-12(17)14-11)13(18)9-7-19-10-4-2-1-3-8(9)10/h1-4,9H,5-7H2,(H,14,16,17). The summed E-state index contributed by atoms with van der Waals surface area (Å²) in [6.45, 7) is -0.0676. The molecule has 3 rings (SSSR count). The molecule has 1 atom stereocenters. The van der Waals surface area contributed by atoms with Gasteiger partial charge in [-0.15, -0.1) is 11.8 Å². The zero-order valence-electron chi connectivity index (χ0n) is 10.1. The summed E-state index contributed by atoms with van der Waals surface area (Å²) in [5.74, 6) is -0.544. The second-order valence-electron chi connectivity index (χ2n) is 4.57. The third-order valence-electron chi connectivity index (χ3n) is 3.26. The molecule has 1 fully saturated rings.